The van der Waals surface area contributed by atoms with E-state index in [-0.39, 0.29) is 17.0 Å². The first-order valence-electron chi connectivity index (χ1n) is 10.3. The van der Waals surface area contributed by atoms with Crippen LogP contribution in [0.25, 0.3) is 0 Å². The summed E-state index contributed by atoms with van der Waals surface area (Å²) in [5.41, 5.74) is 11.1. The minimum atomic E-state index is -0.346. The van der Waals surface area contributed by atoms with E-state index in [1.165, 1.54) is 24.0 Å². The van der Waals surface area contributed by atoms with Gasteiger partial charge in [-0.05, 0) is 92.4 Å². The Morgan fingerprint density at radius 1 is 1.31 bits per heavy atom. The van der Waals surface area contributed by atoms with Gasteiger partial charge in [-0.2, -0.15) is 0 Å². The third-order valence-corrected chi connectivity index (χ3v) is 8.39. The standard InChI is InChI=1S/C23H29NO2/c1-3-22-9-6-17-16-5-4-15(24)13-18(16)14(2)12-19(17)20(22)7-10-23(22)11-8-21(25)26-23/h8,11,13,17,19-20H,2-7,9-10,12,24H2,1H3/t17?,19?,20?,22-,23+/m0/s1. The summed E-state index contributed by atoms with van der Waals surface area (Å²) in [4.78, 5) is 11.9. The first-order chi connectivity index (χ1) is 12.5. The van der Waals surface area contributed by atoms with Crippen LogP contribution < -0.4 is 5.73 Å². The maximum atomic E-state index is 11.9. The van der Waals surface area contributed by atoms with Crippen LogP contribution in [0.5, 0.6) is 0 Å². The van der Waals surface area contributed by atoms with Crippen molar-refractivity contribution in [2.45, 2.75) is 63.9 Å². The molecule has 0 aromatic rings. The molecule has 4 aliphatic carbocycles. The van der Waals surface area contributed by atoms with Crippen LogP contribution in [0.3, 0.4) is 0 Å². The Bertz CT molecular complexity index is 788. The number of ether oxygens (including phenoxy) is 1. The molecule has 1 aliphatic heterocycles. The van der Waals surface area contributed by atoms with Gasteiger partial charge in [-0.1, -0.05) is 19.1 Å². The molecular weight excluding hydrogens is 322 g/mol. The third kappa shape index (κ3) is 1.92. The van der Waals surface area contributed by atoms with Crippen LogP contribution in [0.4, 0.5) is 0 Å². The van der Waals surface area contributed by atoms with E-state index in [1.54, 1.807) is 11.6 Å². The van der Waals surface area contributed by atoms with Gasteiger partial charge >= 0.3 is 5.97 Å². The summed E-state index contributed by atoms with van der Waals surface area (Å²) in [5, 5.41) is 0. The quantitative estimate of drug-likeness (QED) is 0.704. The maximum Gasteiger partial charge on any atom is 0.331 e. The van der Waals surface area contributed by atoms with Gasteiger partial charge in [-0.3, -0.25) is 0 Å². The Labute approximate surface area is 156 Å². The zero-order chi connectivity index (χ0) is 18.1. The molecule has 5 aliphatic rings. The summed E-state index contributed by atoms with van der Waals surface area (Å²) >= 11 is 0. The van der Waals surface area contributed by atoms with Gasteiger partial charge in [0.1, 0.15) is 5.60 Å². The molecule has 3 nitrogen and oxygen atoms in total. The second-order valence-electron chi connectivity index (χ2n) is 9.07. The smallest absolute Gasteiger partial charge is 0.331 e. The highest BCUT2D eigenvalue weighted by Crippen LogP contribution is 2.68. The second kappa shape index (κ2) is 5.37. The van der Waals surface area contributed by atoms with Crippen LogP contribution in [-0.2, 0) is 9.53 Å². The van der Waals surface area contributed by atoms with Gasteiger partial charge in [0.15, 0.2) is 0 Å². The van der Waals surface area contributed by atoms with Gasteiger partial charge in [-0.15, -0.1) is 0 Å². The molecule has 1 heterocycles. The second-order valence-corrected chi connectivity index (χ2v) is 9.07. The molecule has 2 fully saturated rings. The van der Waals surface area contributed by atoms with Crippen molar-refractivity contribution < 1.29 is 9.53 Å². The van der Waals surface area contributed by atoms with Crippen molar-refractivity contribution in [3.05, 3.63) is 47.2 Å². The number of hydrogen-bond donors (Lipinski definition) is 1. The molecule has 138 valence electrons. The Balaban J connectivity index is 1.55. The molecule has 3 heteroatoms. The predicted octanol–water partition coefficient (Wildman–Crippen LogP) is 4.56. The fourth-order valence-corrected chi connectivity index (χ4v) is 7.32. The SMILES string of the molecule is C=C1CC2C(CC[C@@]3(CC)C2CC[C@@]32C=CC(=O)O2)C2=C1C=C(N)CC2. The molecule has 0 saturated heterocycles. The van der Waals surface area contributed by atoms with E-state index >= 15 is 0 Å². The van der Waals surface area contributed by atoms with Gasteiger partial charge in [0, 0.05) is 17.2 Å². The number of fused-ring (bicyclic) bond motifs is 5. The Morgan fingerprint density at radius 3 is 2.88 bits per heavy atom. The molecule has 3 unspecified atom stereocenters. The van der Waals surface area contributed by atoms with Gasteiger partial charge in [-0.25, -0.2) is 4.79 Å². The van der Waals surface area contributed by atoms with Crippen molar-refractivity contribution in [3.8, 4) is 0 Å². The van der Waals surface area contributed by atoms with Crippen LogP contribution >= 0.6 is 0 Å². The van der Waals surface area contributed by atoms with E-state index in [9.17, 15) is 4.79 Å². The van der Waals surface area contributed by atoms with Crippen molar-refractivity contribution in [2.75, 3.05) is 0 Å². The van der Waals surface area contributed by atoms with Gasteiger partial charge in [0.05, 0.1) is 0 Å². The molecule has 0 aromatic heterocycles. The molecule has 0 amide bonds. The van der Waals surface area contributed by atoms with E-state index in [4.69, 9.17) is 10.5 Å². The largest absolute Gasteiger partial charge is 0.451 e. The number of hydrogen-bond acceptors (Lipinski definition) is 3. The lowest BCUT2D eigenvalue weighted by Gasteiger charge is -2.55. The molecular formula is C23H29NO2. The molecule has 0 aromatic carbocycles. The maximum absolute atomic E-state index is 11.9. The van der Waals surface area contributed by atoms with E-state index in [0.29, 0.717) is 17.8 Å². The topological polar surface area (TPSA) is 52.3 Å². The lowest BCUT2D eigenvalue weighted by Crippen LogP contribution is -2.52. The average Bonchev–Trinajstić information content (AvgIpc) is 3.17. The molecule has 5 rings (SSSR count). The van der Waals surface area contributed by atoms with Crippen molar-refractivity contribution in [3.63, 3.8) is 0 Å². The van der Waals surface area contributed by atoms with E-state index < -0.39 is 0 Å². The summed E-state index contributed by atoms with van der Waals surface area (Å²) in [7, 11) is 0. The Hall–Kier alpha value is -1.77. The van der Waals surface area contributed by atoms with E-state index in [1.807, 2.05) is 0 Å². The van der Waals surface area contributed by atoms with E-state index in [0.717, 1.165) is 44.2 Å². The van der Waals surface area contributed by atoms with Crippen molar-refractivity contribution in [1.29, 1.82) is 0 Å². The number of allylic oxidation sites excluding steroid dienone is 5. The van der Waals surface area contributed by atoms with Crippen LogP contribution in [-0.4, -0.2) is 11.6 Å². The summed E-state index contributed by atoms with van der Waals surface area (Å²) < 4.78 is 5.99. The van der Waals surface area contributed by atoms with E-state index in [2.05, 4.69) is 25.7 Å². The summed E-state index contributed by atoms with van der Waals surface area (Å²) in [5.74, 6) is 1.79. The lowest BCUT2D eigenvalue weighted by atomic mass is 9.51. The Morgan fingerprint density at radius 2 is 2.15 bits per heavy atom. The Kier molecular flexibility index (Phi) is 3.39. The number of nitrogens with two attached hydrogens (primary N) is 1. The molecule has 0 bridgehead atoms. The highest BCUT2D eigenvalue weighted by atomic mass is 16.6. The first kappa shape index (κ1) is 16.4. The van der Waals surface area contributed by atoms with Crippen LogP contribution in [0.1, 0.15) is 58.3 Å². The van der Waals surface area contributed by atoms with Crippen molar-refractivity contribution in [2.24, 2.45) is 28.9 Å². The van der Waals surface area contributed by atoms with Crippen molar-refractivity contribution in [1.82, 2.24) is 0 Å². The molecule has 1 spiro atoms. The number of rotatable bonds is 1. The zero-order valence-electron chi connectivity index (χ0n) is 15.7. The highest BCUT2D eigenvalue weighted by molar-refractivity contribution is 5.85. The fourth-order valence-electron chi connectivity index (χ4n) is 7.32. The monoisotopic (exact) mass is 351 g/mol. The summed E-state index contributed by atoms with van der Waals surface area (Å²) in [6.45, 7) is 6.73. The minimum Gasteiger partial charge on any atom is -0.451 e. The first-order valence-corrected chi connectivity index (χ1v) is 10.3. The molecule has 2 N–H and O–H groups in total. The zero-order valence-corrected chi connectivity index (χ0v) is 15.7. The van der Waals surface area contributed by atoms with Crippen molar-refractivity contribution >= 4 is 5.97 Å². The van der Waals surface area contributed by atoms with Crippen LogP contribution in [0.15, 0.2) is 47.2 Å². The fraction of sp³-hybridized carbons (Fsp3) is 0.609. The van der Waals surface area contributed by atoms with Gasteiger partial charge < -0.3 is 10.5 Å². The number of carbonyl (C=O) groups is 1. The normalized spacial score (nSPS) is 43.9. The molecule has 0 radical (unpaired) electrons. The molecule has 5 atom stereocenters. The summed E-state index contributed by atoms with van der Waals surface area (Å²) in [6.07, 6.45) is 14.7. The number of esters is 1. The highest BCUT2D eigenvalue weighted by Gasteiger charge is 2.65. The number of carbonyl (C=O) groups excluding carboxylic acids is 1. The van der Waals surface area contributed by atoms with Crippen LogP contribution in [0.2, 0.25) is 0 Å². The predicted molar refractivity (Wildman–Crippen MR) is 102 cm³/mol. The minimum absolute atomic E-state index is 0.110. The van der Waals surface area contributed by atoms with Crippen LogP contribution in [0, 0.1) is 23.2 Å². The average molecular weight is 351 g/mol. The summed E-state index contributed by atoms with van der Waals surface area (Å²) in [6, 6.07) is 0. The third-order valence-electron chi connectivity index (χ3n) is 8.39. The van der Waals surface area contributed by atoms with Gasteiger partial charge in [0.2, 0.25) is 0 Å². The molecule has 2 saturated carbocycles. The lowest BCUT2D eigenvalue weighted by molar-refractivity contribution is -0.162. The van der Waals surface area contributed by atoms with Gasteiger partial charge in [0.25, 0.3) is 0 Å². The molecule has 26 heavy (non-hydrogen) atoms.